The minimum absolute atomic E-state index is 0.240. The Hall–Kier alpha value is -3.61. The maximum absolute atomic E-state index is 13.8. The van der Waals surface area contributed by atoms with Crippen LogP contribution < -0.4 is 20.3 Å². The van der Waals surface area contributed by atoms with Crippen LogP contribution >= 0.6 is 23.2 Å². The Labute approximate surface area is 237 Å². The van der Waals surface area contributed by atoms with Crippen LogP contribution in [0.15, 0.2) is 60.7 Å². The highest BCUT2D eigenvalue weighted by molar-refractivity contribution is 6.34. The number of hydrogen-bond donors (Lipinski definition) is 2. The Balaban J connectivity index is 1.56. The Morgan fingerprint density at radius 1 is 1.10 bits per heavy atom. The van der Waals surface area contributed by atoms with Crippen LogP contribution in [0.3, 0.4) is 0 Å². The van der Waals surface area contributed by atoms with E-state index in [1.807, 2.05) is 18.2 Å². The van der Waals surface area contributed by atoms with Gasteiger partial charge in [0, 0.05) is 41.1 Å². The summed E-state index contributed by atoms with van der Waals surface area (Å²) in [5.74, 6) is -0.280. The number of methoxy groups -OCH3 is 1. The molecule has 3 aromatic carbocycles. The van der Waals surface area contributed by atoms with E-state index in [0.29, 0.717) is 65.1 Å². The van der Waals surface area contributed by atoms with E-state index in [4.69, 9.17) is 37.9 Å². The van der Waals surface area contributed by atoms with Gasteiger partial charge in [-0.3, -0.25) is 9.59 Å². The largest absolute Gasteiger partial charge is 0.496 e. The van der Waals surface area contributed by atoms with Gasteiger partial charge < -0.3 is 25.0 Å². The van der Waals surface area contributed by atoms with E-state index >= 15 is 0 Å². The fraction of sp³-hybridized carbons (Fsp3) is 0.276. The van der Waals surface area contributed by atoms with Crippen LogP contribution in [0.5, 0.6) is 5.75 Å². The number of nitrogens with zero attached hydrogens (tertiary/aromatic N) is 2. The second-order valence-corrected chi connectivity index (χ2v) is 9.69. The molecule has 2 N–H and O–H groups in total. The van der Waals surface area contributed by atoms with Crippen LogP contribution in [0.2, 0.25) is 10.0 Å². The smallest absolute Gasteiger partial charge is 0.262 e. The summed E-state index contributed by atoms with van der Waals surface area (Å²) < 4.78 is 11.7. The number of nitrogens with one attached hydrogen (secondary N) is 2. The maximum atomic E-state index is 13.8. The second-order valence-electron chi connectivity index (χ2n) is 8.85. The van der Waals surface area contributed by atoms with Crippen molar-refractivity contribution >= 4 is 46.4 Å². The van der Waals surface area contributed by atoms with Crippen molar-refractivity contribution in [3.63, 3.8) is 0 Å². The summed E-state index contributed by atoms with van der Waals surface area (Å²) in [6.45, 7) is 1.69. The number of halogens is 2. The minimum Gasteiger partial charge on any atom is -0.496 e. The first-order valence-electron chi connectivity index (χ1n) is 12.5. The van der Waals surface area contributed by atoms with E-state index < -0.39 is 0 Å². The van der Waals surface area contributed by atoms with E-state index in [9.17, 15) is 9.59 Å². The average molecular weight is 567 g/mol. The molecule has 0 spiro atoms. The molecule has 1 heterocycles. The van der Waals surface area contributed by atoms with Gasteiger partial charge in [-0.05, 0) is 55.3 Å². The number of nitriles is 1. The Morgan fingerprint density at radius 3 is 2.69 bits per heavy atom. The zero-order valence-corrected chi connectivity index (χ0v) is 22.9. The molecule has 0 bridgehead atoms. The third-order valence-electron chi connectivity index (χ3n) is 6.33. The van der Waals surface area contributed by atoms with E-state index in [1.54, 1.807) is 53.4 Å². The molecule has 39 heavy (non-hydrogen) atoms. The summed E-state index contributed by atoms with van der Waals surface area (Å²) in [7, 11) is 1.48. The van der Waals surface area contributed by atoms with Crippen LogP contribution in [-0.2, 0) is 4.74 Å². The van der Waals surface area contributed by atoms with Gasteiger partial charge in [0.1, 0.15) is 5.75 Å². The zero-order valence-electron chi connectivity index (χ0n) is 21.4. The van der Waals surface area contributed by atoms with E-state index in [2.05, 4.69) is 10.6 Å². The van der Waals surface area contributed by atoms with Gasteiger partial charge in [0.15, 0.2) is 0 Å². The lowest BCUT2D eigenvalue weighted by molar-refractivity contribution is 0.0497. The highest BCUT2D eigenvalue weighted by Crippen LogP contribution is 2.38. The number of rotatable bonds is 9. The summed E-state index contributed by atoms with van der Waals surface area (Å²) in [6.07, 6.45) is 1.17. The summed E-state index contributed by atoms with van der Waals surface area (Å²) in [5.41, 5.74) is 2.71. The maximum Gasteiger partial charge on any atom is 0.262 e. The van der Waals surface area contributed by atoms with E-state index in [-0.39, 0.29) is 24.5 Å². The van der Waals surface area contributed by atoms with Crippen molar-refractivity contribution < 1.29 is 19.1 Å². The number of benzene rings is 3. The fourth-order valence-corrected chi connectivity index (χ4v) is 4.88. The summed E-state index contributed by atoms with van der Waals surface area (Å²) >= 11 is 12.5. The predicted octanol–water partition coefficient (Wildman–Crippen LogP) is 5.87. The molecule has 3 aromatic rings. The molecule has 1 atom stereocenters. The SMILES string of the molecule is COc1cc(NC(=O)c2ccccc2Cl)ccc1C(=O)N1CCCC(OCCNCC#N)c2cc(Cl)ccc21. The van der Waals surface area contributed by atoms with Crippen molar-refractivity contribution in [1.82, 2.24) is 5.32 Å². The van der Waals surface area contributed by atoms with Gasteiger partial charge in [-0.15, -0.1) is 0 Å². The van der Waals surface area contributed by atoms with Crippen molar-refractivity contribution in [2.75, 3.05) is 43.6 Å². The van der Waals surface area contributed by atoms with Crippen LogP contribution in [0.25, 0.3) is 0 Å². The molecule has 0 saturated heterocycles. The van der Waals surface area contributed by atoms with E-state index in [1.165, 1.54) is 7.11 Å². The first-order valence-corrected chi connectivity index (χ1v) is 13.2. The lowest BCUT2D eigenvalue weighted by atomic mass is 10.0. The Kier molecular flexibility index (Phi) is 9.79. The number of carbonyl (C=O) groups is 2. The van der Waals surface area contributed by atoms with Crippen LogP contribution in [0.4, 0.5) is 11.4 Å². The molecule has 0 aromatic heterocycles. The molecule has 10 heteroatoms. The van der Waals surface area contributed by atoms with Gasteiger partial charge in [-0.25, -0.2) is 0 Å². The van der Waals surface area contributed by atoms with Gasteiger partial charge in [-0.2, -0.15) is 5.26 Å². The molecule has 0 fully saturated rings. The first-order chi connectivity index (χ1) is 18.9. The van der Waals surface area contributed by atoms with E-state index in [0.717, 1.165) is 11.3 Å². The fourth-order valence-electron chi connectivity index (χ4n) is 4.48. The monoisotopic (exact) mass is 566 g/mol. The number of amides is 2. The quantitative estimate of drug-likeness (QED) is 0.248. The molecular formula is C29H28Cl2N4O4. The molecule has 0 radical (unpaired) electrons. The summed E-state index contributed by atoms with van der Waals surface area (Å²) in [5, 5.41) is 15.4. The van der Waals surface area contributed by atoms with Gasteiger partial charge >= 0.3 is 0 Å². The normalized spacial score (nSPS) is 14.6. The molecule has 2 amide bonds. The molecule has 202 valence electrons. The molecule has 4 rings (SSSR count). The van der Waals surface area contributed by atoms with Crippen LogP contribution in [-0.4, -0.2) is 45.2 Å². The average Bonchev–Trinajstić information content (AvgIpc) is 3.11. The number of anilines is 2. The number of ether oxygens (including phenoxy) is 2. The lowest BCUT2D eigenvalue weighted by Crippen LogP contribution is -2.32. The third-order valence-corrected chi connectivity index (χ3v) is 6.90. The van der Waals surface area contributed by atoms with Gasteiger partial charge in [0.2, 0.25) is 0 Å². The highest BCUT2D eigenvalue weighted by atomic mass is 35.5. The topological polar surface area (TPSA) is 104 Å². The van der Waals surface area contributed by atoms with Gasteiger partial charge in [0.25, 0.3) is 11.8 Å². The predicted molar refractivity (Wildman–Crippen MR) is 152 cm³/mol. The molecule has 1 unspecified atom stereocenters. The molecule has 0 aliphatic carbocycles. The van der Waals surface area contributed by atoms with Crippen molar-refractivity contribution in [2.45, 2.75) is 18.9 Å². The van der Waals surface area contributed by atoms with Crippen molar-refractivity contribution in [3.8, 4) is 11.8 Å². The van der Waals surface area contributed by atoms with Crippen LogP contribution in [0, 0.1) is 11.3 Å². The molecular weight excluding hydrogens is 539 g/mol. The minimum atomic E-state index is -0.367. The highest BCUT2D eigenvalue weighted by Gasteiger charge is 2.29. The summed E-state index contributed by atoms with van der Waals surface area (Å²) in [4.78, 5) is 28.3. The first kappa shape index (κ1) is 28.4. The second kappa shape index (κ2) is 13.5. The van der Waals surface area contributed by atoms with Crippen molar-refractivity contribution in [3.05, 3.63) is 87.4 Å². The number of hydrogen-bond acceptors (Lipinski definition) is 6. The number of fused-ring (bicyclic) bond motifs is 1. The van der Waals surface area contributed by atoms with Crippen molar-refractivity contribution in [1.29, 1.82) is 5.26 Å². The summed E-state index contributed by atoms with van der Waals surface area (Å²) in [6, 6.07) is 19.1. The molecule has 1 aliphatic heterocycles. The van der Waals surface area contributed by atoms with Gasteiger partial charge in [0.05, 0.1) is 48.6 Å². The molecule has 1 aliphatic rings. The van der Waals surface area contributed by atoms with Crippen molar-refractivity contribution in [2.24, 2.45) is 0 Å². The number of carbonyl (C=O) groups excluding carboxylic acids is 2. The molecule has 8 nitrogen and oxygen atoms in total. The Bertz CT molecular complexity index is 1390. The van der Waals surface area contributed by atoms with Crippen LogP contribution in [0.1, 0.15) is 45.2 Å². The molecule has 0 saturated carbocycles. The zero-order chi connectivity index (χ0) is 27.8. The lowest BCUT2D eigenvalue weighted by Gasteiger charge is -2.25. The Morgan fingerprint density at radius 2 is 1.92 bits per heavy atom. The standard InChI is InChI=1S/C29H28Cl2N4O4/c1-38-27-18-20(34-28(36)21-5-2-3-6-24(21)31)9-10-22(27)29(37)35-15-4-7-26(39-16-14-33-13-12-32)23-17-19(30)8-11-25(23)35/h2-3,5-6,8-11,17-18,26,33H,4,7,13-16H2,1H3,(H,34,36). The van der Waals surface area contributed by atoms with Gasteiger partial charge in [-0.1, -0.05) is 35.3 Å². The third kappa shape index (κ3) is 6.88.